The highest BCUT2D eigenvalue weighted by Crippen LogP contribution is 2.42. The van der Waals surface area contributed by atoms with E-state index in [9.17, 15) is 9.59 Å². The number of ether oxygens (including phenoxy) is 1. The Morgan fingerprint density at radius 1 is 0.900 bits per heavy atom. The maximum atomic E-state index is 13.1. The smallest absolute Gasteiger partial charge is 0.252 e. The zero-order valence-electron chi connectivity index (χ0n) is 16.6. The second kappa shape index (κ2) is 7.34. The summed E-state index contributed by atoms with van der Waals surface area (Å²) >= 11 is 0. The van der Waals surface area contributed by atoms with Crippen LogP contribution in [0, 0.1) is 11.8 Å². The van der Waals surface area contributed by atoms with E-state index in [2.05, 4.69) is 17.6 Å². The number of carbonyl (C=O) groups excluding carboxylic acids is 2. The average molecular weight is 398 g/mol. The Bertz CT molecular complexity index is 1090. The molecule has 0 radical (unpaired) electrons. The molecule has 1 aliphatic heterocycles. The fourth-order valence-corrected chi connectivity index (χ4v) is 3.94. The van der Waals surface area contributed by atoms with Crippen molar-refractivity contribution < 1.29 is 14.3 Å². The molecular weight excluding hydrogens is 376 g/mol. The summed E-state index contributed by atoms with van der Waals surface area (Å²) in [6.45, 7) is 2.07. The van der Waals surface area contributed by atoms with Crippen molar-refractivity contribution >= 4 is 17.5 Å². The van der Waals surface area contributed by atoms with Gasteiger partial charge < -0.3 is 15.4 Å². The molecule has 5 rings (SSSR count). The summed E-state index contributed by atoms with van der Waals surface area (Å²) in [7, 11) is 0. The second-order valence-corrected chi connectivity index (χ2v) is 7.97. The van der Waals surface area contributed by atoms with Gasteiger partial charge in [-0.15, -0.1) is 0 Å². The predicted octanol–water partition coefficient (Wildman–Crippen LogP) is 4.91. The highest BCUT2D eigenvalue weighted by molar-refractivity contribution is 5.98. The van der Waals surface area contributed by atoms with Crippen LogP contribution in [-0.4, -0.2) is 11.8 Å². The molecule has 30 heavy (non-hydrogen) atoms. The molecule has 2 unspecified atom stereocenters. The van der Waals surface area contributed by atoms with Crippen LogP contribution in [0.15, 0.2) is 72.8 Å². The molecule has 2 amide bonds. The zero-order chi connectivity index (χ0) is 20.7. The SMILES string of the molecule is CC1CC1C(=O)Nc1cccc(C(=O)NC2c3ccccc3Oc3ccccc32)c1. The number of benzene rings is 3. The van der Waals surface area contributed by atoms with Gasteiger partial charge in [0.2, 0.25) is 5.91 Å². The summed E-state index contributed by atoms with van der Waals surface area (Å²) in [5.41, 5.74) is 2.96. The van der Waals surface area contributed by atoms with Crippen LogP contribution >= 0.6 is 0 Å². The van der Waals surface area contributed by atoms with Crippen LogP contribution in [0.5, 0.6) is 11.5 Å². The summed E-state index contributed by atoms with van der Waals surface area (Å²) in [4.78, 5) is 25.3. The molecule has 0 bridgehead atoms. The van der Waals surface area contributed by atoms with Crippen molar-refractivity contribution in [2.75, 3.05) is 5.32 Å². The van der Waals surface area contributed by atoms with Crippen LogP contribution in [0.25, 0.3) is 0 Å². The lowest BCUT2D eigenvalue weighted by Gasteiger charge is -2.28. The van der Waals surface area contributed by atoms with Gasteiger partial charge in [-0.2, -0.15) is 0 Å². The lowest BCUT2D eigenvalue weighted by Crippen LogP contribution is -2.31. The van der Waals surface area contributed by atoms with Crippen LogP contribution < -0.4 is 15.4 Å². The van der Waals surface area contributed by atoms with Crippen molar-refractivity contribution in [1.29, 1.82) is 0 Å². The van der Waals surface area contributed by atoms with E-state index in [0.717, 1.165) is 29.0 Å². The molecule has 1 saturated carbocycles. The maximum Gasteiger partial charge on any atom is 0.252 e. The largest absolute Gasteiger partial charge is 0.457 e. The van der Waals surface area contributed by atoms with Crippen molar-refractivity contribution in [3.8, 4) is 11.5 Å². The Hall–Kier alpha value is -3.60. The van der Waals surface area contributed by atoms with Crippen molar-refractivity contribution in [2.45, 2.75) is 19.4 Å². The van der Waals surface area contributed by atoms with Crippen LogP contribution in [-0.2, 0) is 4.79 Å². The Morgan fingerprint density at radius 3 is 2.17 bits per heavy atom. The molecule has 1 fully saturated rings. The fraction of sp³-hybridized carbons (Fsp3) is 0.200. The van der Waals surface area contributed by atoms with E-state index in [0.29, 0.717) is 17.2 Å². The Labute approximate surface area is 175 Å². The number of fused-ring (bicyclic) bond motifs is 2. The average Bonchev–Trinajstić information content (AvgIpc) is 3.50. The number of carbonyl (C=O) groups is 2. The van der Waals surface area contributed by atoms with E-state index in [1.165, 1.54) is 0 Å². The van der Waals surface area contributed by atoms with Gasteiger partial charge in [-0.25, -0.2) is 0 Å². The van der Waals surface area contributed by atoms with Gasteiger partial charge in [0.15, 0.2) is 0 Å². The summed E-state index contributed by atoms with van der Waals surface area (Å²) in [6.07, 6.45) is 0.925. The molecule has 2 aliphatic rings. The normalized spacial score (nSPS) is 19.1. The van der Waals surface area contributed by atoms with Crippen molar-refractivity contribution in [3.63, 3.8) is 0 Å². The van der Waals surface area contributed by atoms with E-state index in [1.807, 2.05) is 48.5 Å². The topological polar surface area (TPSA) is 67.4 Å². The lowest BCUT2D eigenvalue weighted by atomic mass is 9.94. The Balaban J connectivity index is 1.40. The second-order valence-electron chi connectivity index (χ2n) is 7.97. The molecule has 1 heterocycles. The number of nitrogens with one attached hydrogen (secondary N) is 2. The van der Waals surface area contributed by atoms with Gasteiger partial charge in [0.05, 0.1) is 6.04 Å². The van der Waals surface area contributed by atoms with Crippen LogP contribution in [0.1, 0.15) is 40.9 Å². The Kier molecular flexibility index (Phi) is 4.51. The standard InChI is InChI=1S/C25H22N2O3/c1-15-13-20(15)25(29)26-17-8-6-7-16(14-17)24(28)27-23-18-9-2-4-11-21(18)30-22-12-5-3-10-19(22)23/h2-12,14-15,20,23H,13H2,1H3,(H,26,29)(H,27,28). The molecule has 3 aromatic rings. The van der Waals surface area contributed by atoms with Crippen LogP contribution in [0.2, 0.25) is 0 Å². The summed E-state index contributed by atoms with van der Waals surface area (Å²) in [5.74, 6) is 1.81. The molecule has 3 aromatic carbocycles. The minimum atomic E-state index is -0.316. The van der Waals surface area contributed by atoms with Crippen LogP contribution in [0.4, 0.5) is 5.69 Å². The molecule has 1 aliphatic carbocycles. The van der Waals surface area contributed by atoms with Crippen molar-refractivity contribution in [2.24, 2.45) is 11.8 Å². The quantitative estimate of drug-likeness (QED) is 0.656. The highest BCUT2D eigenvalue weighted by atomic mass is 16.5. The van der Waals surface area contributed by atoms with E-state index < -0.39 is 0 Å². The molecule has 0 spiro atoms. The number of hydrogen-bond donors (Lipinski definition) is 2. The monoisotopic (exact) mass is 398 g/mol. The number of amides is 2. The van der Waals surface area contributed by atoms with Gasteiger partial charge in [-0.05, 0) is 42.7 Å². The number of hydrogen-bond acceptors (Lipinski definition) is 3. The summed E-state index contributed by atoms with van der Waals surface area (Å²) < 4.78 is 6.00. The molecule has 150 valence electrons. The summed E-state index contributed by atoms with van der Waals surface area (Å²) in [5, 5.41) is 6.06. The minimum absolute atomic E-state index is 0.0207. The number of rotatable bonds is 4. The van der Waals surface area contributed by atoms with Gasteiger partial charge in [0.25, 0.3) is 5.91 Å². The van der Waals surface area contributed by atoms with E-state index in [-0.39, 0.29) is 23.8 Å². The fourth-order valence-electron chi connectivity index (χ4n) is 3.94. The molecular formula is C25H22N2O3. The zero-order valence-corrected chi connectivity index (χ0v) is 16.6. The molecule has 5 heteroatoms. The van der Waals surface area contributed by atoms with E-state index in [4.69, 9.17) is 4.74 Å². The first-order chi connectivity index (χ1) is 14.6. The summed E-state index contributed by atoms with van der Waals surface area (Å²) in [6, 6.07) is 22.2. The third kappa shape index (κ3) is 3.43. The van der Waals surface area contributed by atoms with E-state index >= 15 is 0 Å². The molecule has 0 aromatic heterocycles. The van der Waals surface area contributed by atoms with Gasteiger partial charge in [0, 0.05) is 28.3 Å². The molecule has 5 nitrogen and oxygen atoms in total. The molecule has 2 N–H and O–H groups in total. The van der Waals surface area contributed by atoms with Gasteiger partial charge >= 0.3 is 0 Å². The van der Waals surface area contributed by atoms with E-state index in [1.54, 1.807) is 24.3 Å². The van der Waals surface area contributed by atoms with Crippen molar-refractivity contribution in [3.05, 3.63) is 89.5 Å². The third-order valence-electron chi connectivity index (χ3n) is 5.79. The highest BCUT2D eigenvalue weighted by Gasteiger charge is 2.39. The lowest BCUT2D eigenvalue weighted by molar-refractivity contribution is -0.117. The van der Waals surface area contributed by atoms with Gasteiger partial charge in [-0.1, -0.05) is 49.4 Å². The first-order valence-electron chi connectivity index (χ1n) is 10.2. The first-order valence-corrected chi connectivity index (χ1v) is 10.2. The number of anilines is 1. The van der Waals surface area contributed by atoms with Gasteiger partial charge in [-0.3, -0.25) is 9.59 Å². The molecule has 2 atom stereocenters. The predicted molar refractivity (Wildman–Crippen MR) is 115 cm³/mol. The van der Waals surface area contributed by atoms with Gasteiger partial charge in [0.1, 0.15) is 11.5 Å². The minimum Gasteiger partial charge on any atom is -0.457 e. The Morgan fingerprint density at radius 2 is 1.53 bits per heavy atom. The van der Waals surface area contributed by atoms with Crippen LogP contribution in [0.3, 0.4) is 0 Å². The first kappa shape index (κ1) is 18.4. The molecule has 0 saturated heterocycles. The number of para-hydroxylation sites is 2. The maximum absolute atomic E-state index is 13.1. The van der Waals surface area contributed by atoms with Crippen molar-refractivity contribution in [1.82, 2.24) is 5.32 Å². The third-order valence-corrected chi connectivity index (χ3v) is 5.79.